The first-order valence-corrected chi connectivity index (χ1v) is 9.63. The fourth-order valence-corrected chi connectivity index (χ4v) is 2.93. The van der Waals surface area contributed by atoms with Crippen molar-refractivity contribution >= 4 is 11.8 Å². The van der Waals surface area contributed by atoms with E-state index in [1.54, 1.807) is 13.2 Å². The van der Waals surface area contributed by atoms with Crippen molar-refractivity contribution in [1.29, 1.82) is 0 Å². The van der Waals surface area contributed by atoms with Crippen LogP contribution in [0.25, 0.3) is 0 Å². The van der Waals surface area contributed by atoms with Gasteiger partial charge in [-0.1, -0.05) is 26.8 Å². The van der Waals surface area contributed by atoms with E-state index < -0.39 is 0 Å². The van der Waals surface area contributed by atoms with Crippen LogP contribution in [0.1, 0.15) is 38.0 Å². The Morgan fingerprint density at radius 3 is 2.61 bits per heavy atom. The summed E-state index contributed by atoms with van der Waals surface area (Å²) in [6.07, 6.45) is 3.62. The number of guanidine groups is 1. The molecular weight excluding hydrogens is 356 g/mol. The molecule has 1 aliphatic rings. The van der Waals surface area contributed by atoms with Crippen LogP contribution in [0.3, 0.4) is 0 Å². The van der Waals surface area contributed by atoms with Gasteiger partial charge in [-0.3, -0.25) is 4.99 Å². The molecule has 0 saturated carbocycles. The highest BCUT2D eigenvalue weighted by Gasteiger charge is 2.19. The van der Waals surface area contributed by atoms with Gasteiger partial charge in [0.1, 0.15) is 11.6 Å². The van der Waals surface area contributed by atoms with Gasteiger partial charge < -0.3 is 24.7 Å². The predicted molar refractivity (Wildman–Crippen MR) is 110 cm³/mol. The molecule has 0 atom stereocenters. The highest BCUT2D eigenvalue weighted by atomic mass is 16.5. The maximum atomic E-state index is 5.82. The van der Waals surface area contributed by atoms with Crippen LogP contribution < -0.4 is 15.5 Å². The van der Waals surface area contributed by atoms with Crippen molar-refractivity contribution in [2.45, 2.75) is 39.3 Å². The van der Waals surface area contributed by atoms with E-state index in [0.717, 1.165) is 43.4 Å². The van der Waals surface area contributed by atoms with Crippen molar-refractivity contribution in [3.05, 3.63) is 41.7 Å². The minimum atomic E-state index is -0.0542. The first-order valence-electron chi connectivity index (χ1n) is 9.63. The van der Waals surface area contributed by atoms with E-state index >= 15 is 0 Å². The van der Waals surface area contributed by atoms with Crippen LogP contribution in [-0.4, -0.2) is 49.3 Å². The second-order valence-corrected chi connectivity index (χ2v) is 7.73. The molecule has 8 nitrogen and oxygen atoms in total. The fourth-order valence-electron chi connectivity index (χ4n) is 2.93. The molecule has 0 bridgehead atoms. The van der Waals surface area contributed by atoms with Gasteiger partial charge in [0, 0.05) is 43.9 Å². The third kappa shape index (κ3) is 5.22. The lowest BCUT2D eigenvalue weighted by molar-refractivity contribution is 0.122. The number of ether oxygens (including phenoxy) is 1. The molecule has 3 heterocycles. The molecule has 2 N–H and O–H groups in total. The Balaban J connectivity index is 1.57. The van der Waals surface area contributed by atoms with Gasteiger partial charge in [0.05, 0.1) is 26.0 Å². The number of aromatic nitrogens is 2. The van der Waals surface area contributed by atoms with Crippen LogP contribution in [0.4, 0.5) is 5.82 Å². The highest BCUT2D eigenvalue weighted by Crippen LogP contribution is 2.22. The largest absolute Gasteiger partial charge is 0.443 e. The molecular formula is C20H30N6O2. The molecule has 0 amide bonds. The van der Waals surface area contributed by atoms with Crippen molar-refractivity contribution in [2.75, 3.05) is 38.3 Å². The van der Waals surface area contributed by atoms with Gasteiger partial charge in [-0.2, -0.15) is 0 Å². The highest BCUT2D eigenvalue weighted by molar-refractivity contribution is 5.79. The van der Waals surface area contributed by atoms with Crippen LogP contribution in [0.15, 0.2) is 33.9 Å². The van der Waals surface area contributed by atoms with Crippen molar-refractivity contribution in [1.82, 2.24) is 20.6 Å². The number of hydrogen-bond donors (Lipinski definition) is 2. The maximum absolute atomic E-state index is 5.82. The van der Waals surface area contributed by atoms with Crippen LogP contribution in [-0.2, 0) is 23.2 Å². The van der Waals surface area contributed by atoms with Gasteiger partial charge in [-0.05, 0) is 6.07 Å². The van der Waals surface area contributed by atoms with Crippen molar-refractivity contribution in [3.63, 3.8) is 0 Å². The molecule has 1 saturated heterocycles. The first-order chi connectivity index (χ1) is 13.5. The van der Waals surface area contributed by atoms with Gasteiger partial charge in [0.25, 0.3) is 0 Å². The summed E-state index contributed by atoms with van der Waals surface area (Å²) < 4.78 is 11.3. The second-order valence-electron chi connectivity index (χ2n) is 7.73. The Hall–Kier alpha value is -2.61. The topological polar surface area (TPSA) is 87.8 Å². The first kappa shape index (κ1) is 20.1. The normalized spacial score (nSPS) is 15.6. The number of hydrogen-bond acceptors (Lipinski definition) is 6. The van der Waals surface area contributed by atoms with Crippen LogP contribution in [0, 0.1) is 0 Å². The zero-order valence-electron chi connectivity index (χ0n) is 17.2. The van der Waals surface area contributed by atoms with Crippen molar-refractivity contribution < 1.29 is 9.15 Å². The Bertz CT molecular complexity index is 790. The Morgan fingerprint density at radius 1 is 1.18 bits per heavy atom. The minimum Gasteiger partial charge on any atom is -0.443 e. The number of morpholine rings is 1. The van der Waals surface area contributed by atoms with E-state index in [9.17, 15) is 0 Å². The molecule has 0 radical (unpaired) electrons. The molecule has 28 heavy (non-hydrogen) atoms. The molecule has 2 aromatic rings. The molecule has 3 rings (SSSR count). The molecule has 2 aromatic heterocycles. The molecule has 1 fully saturated rings. The number of nitrogens with one attached hydrogen (secondary N) is 2. The number of aliphatic imine (C=N–C) groups is 1. The quantitative estimate of drug-likeness (QED) is 0.601. The Labute approximate surface area is 166 Å². The molecule has 0 unspecified atom stereocenters. The van der Waals surface area contributed by atoms with Crippen LogP contribution in [0.5, 0.6) is 0 Å². The van der Waals surface area contributed by atoms with Crippen LogP contribution >= 0.6 is 0 Å². The Morgan fingerprint density at radius 2 is 1.93 bits per heavy atom. The number of rotatable bonds is 5. The second kappa shape index (κ2) is 9.05. The third-order valence-electron chi connectivity index (χ3n) is 4.55. The zero-order chi connectivity index (χ0) is 20.0. The van der Waals surface area contributed by atoms with E-state index in [1.807, 2.05) is 12.3 Å². The van der Waals surface area contributed by atoms with Gasteiger partial charge in [0.15, 0.2) is 5.96 Å². The zero-order valence-corrected chi connectivity index (χ0v) is 17.2. The summed E-state index contributed by atoms with van der Waals surface area (Å²) in [4.78, 5) is 15.5. The Kier molecular flexibility index (Phi) is 6.51. The lowest BCUT2D eigenvalue weighted by Gasteiger charge is -2.29. The summed E-state index contributed by atoms with van der Waals surface area (Å²) in [7, 11) is 1.75. The summed E-state index contributed by atoms with van der Waals surface area (Å²) in [6.45, 7) is 10.6. The monoisotopic (exact) mass is 386 g/mol. The van der Waals surface area contributed by atoms with Crippen LogP contribution in [0.2, 0.25) is 0 Å². The number of oxazole rings is 1. The lowest BCUT2D eigenvalue weighted by Crippen LogP contribution is -2.39. The average Bonchev–Trinajstić information content (AvgIpc) is 3.19. The molecule has 8 heteroatoms. The predicted octanol–water partition coefficient (Wildman–Crippen LogP) is 2.07. The average molecular weight is 387 g/mol. The standard InChI is InChI=1S/C20H30N6O2/c1-20(2,3)16-13-23-17(28-16)14-25-19(21-4)24-12-15-6-5-7-22-18(15)26-8-10-27-11-9-26/h5-7,13H,8-12,14H2,1-4H3,(H2,21,24,25). The lowest BCUT2D eigenvalue weighted by atomic mass is 9.94. The van der Waals surface area contributed by atoms with Gasteiger partial charge in [-0.25, -0.2) is 9.97 Å². The fraction of sp³-hybridized carbons (Fsp3) is 0.550. The number of anilines is 1. The molecule has 0 aliphatic carbocycles. The maximum Gasteiger partial charge on any atom is 0.213 e. The summed E-state index contributed by atoms with van der Waals surface area (Å²) in [5, 5.41) is 6.59. The molecule has 152 valence electrons. The van der Waals surface area contributed by atoms with Gasteiger partial charge in [0.2, 0.25) is 5.89 Å². The third-order valence-corrected chi connectivity index (χ3v) is 4.55. The van der Waals surface area contributed by atoms with E-state index in [1.165, 1.54) is 0 Å². The van der Waals surface area contributed by atoms with Gasteiger partial charge >= 0.3 is 0 Å². The summed E-state index contributed by atoms with van der Waals surface area (Å²) >= 11 is 0. The minimum absolute atomic E-state index is 0.0542. The van der Waals surface area contributed by atoms with Crippen molar-refractivity contribution in [3.8, 4) is 0 Å². The number of nitrogens with zero attached hydrogens (tertiary/aromatic N) is 4. The molecule has 0 spiro atoms. The molecule has 0 aromatic carbocycles. The van der Waals surface area contributed by atoms with Gasteiger partial charge in [-0.15, -0.1) is 0 Å². The SMILES string of the molecule is CN=C(NCc1ncc(C(C)(C)C)o1)NCc1cccnc1N1CCOCC1. The van der Waals surface area contributed by atoms with E-state index in [4.69, 9.17) is 9.15 Å². The molecule has 1 aliphatic heterocycles. The summed E-state index contributed by atoms with van der Waals surface area (Å²) in [5.74, 6) is 3.20. The van der Waals surface area contributed by atoms with Crippen molar-refractivity contribution in [2.24, 2.45) is 4.99 Å². The number of pyridine rings is 1. The smallest absolute Gasteiger partial charge is 0.213 e. The summed E-state index contributed by atoms with van der Waals surface area (Å²) in [6, 6.07) is 4.04. The summed E-state index contributed by atoms with van der Waals surface area (Å²) in [5.41, 5.74) is 1.07. The van der Waals surface area contributed by atoms with E-state index in [0.29, 0.717) is 24.9 Å². The van der Waals surface area contributed by atoms with E-state index in [-0.39, 0.29) is 5.41 Å². The van der Waals surface area contributed by atoms with E-state index in [2.05, 4.69) is 57.3 Å².